The smallest absolute Gasteiger partial charge is 0.0541 e. The maximum atomic E-state index is 2.41. The van der Waals surface area contributed by atoms with Crippen molar-refractivity contribution in [3.8, 4) is 50.2 Å². The number of para-hydroxylation sites is 4. The van der Waals surface area contributed by atoms with Crippen LogP contribution in [0.5, 0.6) is 0 Å². The molecule has 11 aromatic rings. The van der Waals surface area contributed by atoms with Crippen molar-refractivity contribution in [3.05, 3.63) is 243 Å². The lowest BCUT2D eigenvalue weighted by Gasteiger charge is -2.26. The van der Waals surface area contributed by atoms with Gasteiger partial charge in [-0.25, -0.2) is 0 Å². The third-order valence-electron chi connectivity index (χ3n) is 11.8. The van der Waals surface area contributed by atoms with Gasteiger partial charge in [0.05, 0.1) is 16.7 Å². The molecule has 2 heteroatoms. The predicted molar refractivity (Wildman–Crippen MR) is 255 cm³/mol. The van der Waals surface area contributed by atoms with Crippen molar-refractivity contribution >= 4 is 49.6 Å². The second-order valence-corrected chi connectivity index (χ2v) is 15.3. The zero-order chi connectivity index (χ0) is 39.8. The molecule has 0 bridgehead atoms. The van der Waals surface area contributed by atoms with Crippen molar-refractivity contribution in [3.63, 3.8) is 0 Å². The van der Waals surface area contributed by atoms with Crippen LogP contribution in [0.15, 0.2) is 243 Å². The van der Waals surface area contributed by atoms with E-state index in [1.807, 2.05) is 0 Å². The Labute approximate surface area is 350 Å². The molecule has 0 radical (unpaired) electrons. The molecule has 0 spiro atoms. The molecule has 1 heterocycles. The Morgan fingerprint density at radius 2 is 0.717 bits per heavy atom. The maximum Gasteiger partial charge on any atom is 0.0541 e. The lowest BCUT2D eigenvalue weighted by Crippen LogP contribution is -2.09. The highest BCUT2D eigenvalue weighted by molar-refractivity contribution is 6.09. The van der Waals surface area contributed by atoms with E-state index in [0.717, 1.165) is 17.1 Å². The highest BCUT2D eigenvalue weighted by Gasteiger charge is 2.16. The normalized spacial score (nSPS) is 11.3. The van der Waals surface area contributed by atoms with Crippen LogP contribution in [-0.2, 0) is 0 Å². The van der Waals surface area contributed by atoms with E-state index in [4.69, 9.17) is 0 Å². The lowest BCUT2D eigenvalue weighted by molar-refractivity contribution is 1.18. The minimum atomic E-state index is 1.10. The summed E-state index contributed by atoms with van der Waals surface area (Å²) in [4.78, 5) is 2.33. The highest BCUT2D eigenvalue weighted by atomic mass is 15.1. The largest absolute Gasteiger partial charge is 0.311 e. The Balaban J connectivity index is 0.888. The van der Waals surface area contributed by atoms with Crippen LogP contribution in [0.3, 0.4) is 0 Å². The summed E-state index contributed by atoms with van der Waals surface area (Å²) in [6.45, 7) is 0. The molecule has 2 nitrogen and oxygen atoms in total. The van der Waals surface area contributed by atoms with Gasteiger partial charge in [-0.2, -0.15) is 0 Å². The molecule has 0 fully saturated rings. The van der Waals surface area contributed by atoms with E-state index in [-0.39, 0.29) is 0 Å². The first-order chi connectivity index (χ1) is 29.8. The molecule has 1 aromatic heterocycles. The van der Waals surface area contributed by atoms with E-state index in [1.54, 1.807) is 0 Å². The van der Waals surface area contributed by atoms with Crippen molar-refractivity contribution in [1.29, 1.82) is 0 Å². The molecule has 10 aromatic carbocycles. The highest BCUT2D eigenvalue weighted by Crippen LogP contribution is 2.39. The number of rotatable bonds is 8. The van der Waals surface area contributed by atoms with Gasteiger partial charge >= 0.3 is 0 Å². The molecular formula is C58H40N2. The van der Waals surface area contributed by atoms with E-state index < -0.39 is 0 Å². The van der Waals surface area contributed by atoms with Crippen LogP contribution in [0.1, 0.15) is 0 Å². The fourth-order valence-electron chi connectivity index (χ4n) is 8.91. The van der Waals surface area contributed by atoms with E-state index in [9.17, 15) is 0 Å². The molecular weight excluding hydrogens is 725 g/mol. The zero-order valence-electron chi connectivity index (χ0n) is 33.0. The summed E-state index contributed by atoms with van der Waals surface area (Å²) >= 11 is 0. The Hall–Kier alpha value is -7.94. The van der Waals surface area contributed by atoms with Crippen LogP contribution in [0.4, 0.5) is 17.1 Å². The van der Waals surface area contributed by atoms with Crippen molar-refractivity contribution in [2.24, 2.45) is 0 Å². The van der Waals surface area contributed by atoms with Gasteiger partial charge < -0.3 is 9.47 Å². The predicted octanol–water partition coefficient (Wildman–Crippen LogP) is 16.1. The molecule has 0 amide bonds. The Morgan fingerprint density at radius 1 is 0.267 bits per heavy atom. The number of nitrogens with zero attached hydrogens (tertiary/aromatic N) is 2. The van der Waals surface area contributed by atoms with Gasteiger partial charge in [0, 0.05) is 33.4 Å². The average molecular weight is 765 g/mol. The van der Waals surface area contributed by atoms with Crippen LogP contribution in [0.25, 0.3) is 82.8 Å². The second kappa shape index (κ2) is 15.1. The quantitative estimate of drug-likeness (QED) is 0.150. The van der Waals surface area contributed by atoms with Crippen LogP contribution in [-0.4, -0.2) is 4.57 Å². The monoisotopic (exact) mass is 764 g/mol. The van der Waals surface area contributed by atoms with Crippen LogP contribution in [0, 0.1) is 0 Å². The van der Waals surface area contributed by atoms with Gasteiger partial charge in [0.2, 0.25) is 0 Å². The number of fused-ring (bicyclic) bond motifs is 4. The van der Waals surface area contributed by atoms with Gasteiger partial charge in [0.1, 0.15) is 0 Å². The molecule has 282 valence electrons. The van der Waals surface area contributed by atoms with E-state index in [0.29, 0.717) is 0 Å². The summed E-state index contributed by atoms with van der Waals surface area (Å²) in [6.07, 6.45) is 0. The van der Waals surface area contributed by atoms with Gasteiger partial charge in [-0.3, -0.25) is 0 Å². The second-order valence-electron chi connectivity index (χ2n) is 15.3. The van der Waals surface area contributed by atoms with Gasteiger partial charge in [-0.1, -0.05) is 182 Å². The summed E-state index contributed by atoms with van der Waals surface area (Å²) in [7, 11) is 0. The zero-order valence-corrected chi connectivity index (χ0v) is 33.0. The number of hydrogen-bond donors (Lipinski definition) is 0. The van der Waals surface area contributed by atoms with E-state index in [2.05, 4.69) is 252 Å². The van der Waals surface area contributed by atoms with E-state index in [1.165, 1.54) is 82.8 Å². The molecule has 0 aliphatic carbocycles. The van der Waals surface area contributed by atoms with Crippen molar-refractivity contribution in [1.82, 2.24) is 4.57 Å². The van der Waals surface area contributed by atoms with Crippen LogP contribution < -0.4 is 4.90 Å². The molecule has 0 aliphatic rings. The van der Waals surface area contributed by atoms with Gasteiger partial charge in [-0.15, -0.1) is 0 Å². The summed E-state index contributed by atoms with van der Waals surface area (Å²) in [6, 6.07) is 87.7. The average Bonchev–Trinajstić information content (AvgIpc) is 3.67. The lowest BCUT2D eigenvalue weighted by atomic mass is 9.95. The van der Waals surface area contributed by atoms with Crippen LogP contribution >= 0.6 is 0 Å². The minimum Gasteiger partial charge on any atom is -0.311 e. The van der Waals surface area contributed by atoms with Gasteiger partial charge in [-0.05, 0) is 110 Å². The van der Waals surface area contributed by atoms with Crippen molar-refractivity contribution < 1.29 is 0 Å². The van der Waals surface area contributed by atoms with Crippen LogP contribution in [0.2, 0.25) is 0 Å². The van der Waals surface area contributed by atoms with Gasteiger partial charge in [0.15, 0.2) is 0 Å². The summed E-state index contributed by atoms with van der Waals surface area (Å²) in [5, 5.41) is 5.06. The fourth-order valence-corrected chi connectivity index (χ4v) is 8.91. The Kier molecular flexibility index (Phi) is 8.87. The number of aromatic nitrogens is 1. The molecule has 0 atom stereocenters. The maximum absolute atomic E-state index is 2.41. The Bertz CT molecular complexity index is 3230. The fraction of sp³-hybridized carbons (Fsp3) is 0. The SMILES string of the molecule is c1ccc(N(c2ccc(-c3ccc(-c4ccccc4-n4c5ccccc5c5ccccc54)cc3)cc2)c2ccc(-c3cccc(-c4cccc5ccccc45)c3)cc2)cc1. The number of hydrogen-bond acceptors (Lipinski definition) is 1. The topological polar surface area (TPSA) is 8.17 Å². The minimum absolute atomic E-state index is 1.10. The van der Waals surface area contributed by atoms with E-state index >= 15 is 0 Å². The molecule has 0 saturated heterocycles. The third-order valence-corrected chi connectivity index (χ3v) is 11.8. The summed E-state index contributed by atoms with van der Waals surface area (Å²) < 4.78 is 2.41. The third kappa shape index (κ3) is 6.32. The molecule has 0 unspecified atom stereocenters. The summed E-state index contributed by atoms with van der Waals surface area (Å²) in [5.74, 6) is 0. The molecule has 11 rings (SSSR count). The molecule has 0 saturated carbocycles. The number of benzene rings is 10. The number of anilines is 3. The first-order valence-corrected chi connectivity index (χ1v) is 20.6. The van der Waals surface area contributed by atoms with Crippen molar-refractivity contribution in [2.45, 2.75) is 0 Å². The Morgan fingerprint density at radius 3 is 1.40 bits per heavy atom. The first-order valence-electron chi connectivity index (χ1n) is 20.6. The first kappa shape index (κ1) is 35.2. The molecule has 0 aliphatic heterocycles. The molecule has 60 heavy (non-hydrogen) atoms. The van der Waals surface area contributed by atoms with Gasteiger partial charge in [0.25, 0.3) is 0 Å². The standard InChI is InChI=1S/C58H40N2/c1-2-18-48(19-3-1)59(50-38-34-43(35-39-50)46-16-12-17-47(40-46)52-24-13-15-44-14-4-5-20-51(44)52)49-36-32-42(33-37-49)41-28-30-45(31-29-41)53-21-6-9-25-56(53)60-57-26-10-7-22-54(57)55-23-8-11-27-58(55)60/h1-40H. The molecule has 0 N–H and O–H groups in total. The summed E-state index contributed by atoms with van der Waals surface area (Å²) in [5.41, 5.74) is 16.5. The van der Waals surface area contributed by atoms with Crippen molar-refractivity contribution in [2.75, 3.05) is 4.90 Å².